The first-order chi connectivity index (χ1) is 9.31. The topological polar surface area (TPSA) is 0 Å². The lowest BCUT2D eigenvalue weighted by Gasteiger charge is -2.10. The minimum Gasteiger partial charge on any atom is -0.0888 e. The van der Waals surface area contributed by atoms with Crippen LogP contribution < -0.4 is 0 Å². The normalized spacial score (nSPS) is 13.2. The molecule has 0 N–H and O–H groups in total. The van der Waals surface area contributed by atoms with Gasteiger partial charge in [0, 0.05) is 0 Å². The summed E-state index contributed by atoms with van der Waals surface area (Å²) < 4.78 is 0. The van der Waals surface area contributed by atoms with Gasteiger partial charge in [-0.1, -0.05) is 97.1 Å². The zero-order valence-corrected chi connectivity index (χ0v) is 13.9. The van der Waals surface area contributed by atoms with Crippen molar-refractivity contribution in [2.45, 2.75) is 104 Å². The highest BCUT2D eigenvalue weighted by Crippen LogP contribution is 2.17. The van der Waals surface area contributed by atoms with Crippen LogP contribution in [0, 0.1) is 5.92 Å². The van der Waals surface area contributed by atoms with Crippen LogP contribution in [0.25, 0.3) is 0 Å². The molecule has 0 nitrogen and oxygen atoms in total. The van der Waals surface area contributed by atoms with Crippen molar-refractivity contribution in [2.24, 2.45) is 5.92 Å². The summed E-state index contributed by atoms with van der Waals surface area (Å²) in [4.78, 5) is 0. The van der Waals surface area contributed by atoms with Crippen LogP contribution in [0.3, 0.4) is 0 Å². The third-order valence-electron chi connectivity index (χ3n) is 4.02. The third kappa shape index (κ3) is 15.7. The van der Waals surface area contributed by atoms with E-state index in [0.717, 1.165) is 5.92 Å². The highest BCUT2D eigenvalue weighted by molar-refractivity contribution is 4.79. The number of allylic oxidation sites excluding steroid dienone is 2. The van der Waals surface area contributed by atoms with Crippen LogP contribution in [0.1, 0.15) is 104 Å². The van der Waals surface area contributed by atoms with E-state index in [2.05, 4.69) is 32.9 Å². The Labute approximate surface area is 123 Å². The molecule has 0 aromatic heterocycles. The predicted molar refractivity (Wildman–Crippen MR) is 89.7 cm³/mol. The van der Waals surface area contributed by atoms with Crippen LogP contribution in [-0.4, -0.2) is 0 Å². The number of hydrogen-bond acceptors (Lipinski definition) is 0. The number of unbranched alkanes of at least 4 members (excludes halogenated alkanes) is 8. The summed E-state index contributed by atoms with van der Waals surface area (Å²) in [5.41, 5.74) is 0. The average molecular weight is 267 g/mol. The molecule has 0 aliphatic carbocycles. The molecule has 0 bridgehead atoms. The first-order valence-corrected chi connectivity index (χ1v) is 8.96. The van der Waals surface area contributed by atoms with Crippen LogP contribution >= 0.6 is 0 Å². The molecular weight excluding hydrogens is 228 g/mol. The van der Waals surface area contributed by atoms with Crippen LogP contribution in [-0.2, 0) is 0 Å². The molecule has 0 saturated heterocycles. The molecule has 0 rings (SSSR count). The largest absolute Gasteiger partial charge is 0.0888 e. The lowest BCUT2D eigenvalue weighted by atomic mass is 9.96. The Kier molecular flexibility index (Phi) is 15.6. The van der Waals surface area contributed by atoms with Gasteiger partial charge >= 0.3 is 0 Å². The SMILES string of the molecule is CC/C=C/CCCCCCCC(C)CCCCCC. The fourth-order valence-corrected chi connectivity index (χ4v) is 2.63. The van der Waals surface area contributed by atoms with Gasteiger partial charge in [0.2, 0.25) is 0 Å². The second kappa shape index (κ2) is 15.8. The monoisotopic (exact) mass is 266 g/mol. The molecule has 1 atom stereocenters. The Hall–Kier alpha value is -0.260. The number of rotatable bonds is 14. The second-order valence-corrected chi connectivity index (χ2v) is 6.18. The van der Waals surface area contributed by atoms with Gasteiger partial charge < -0.3 is 0 Å². The van der Waals surface area contributed by atoms with E-state index in [1.54, 1.807) is 0 Å². The van der Waals surface area contributed by atoms with Gasteiger partial charge in [-0.3, -0.25) is 0 Å². The van der Waals surface area contributed by atoms with Crippen molar-refractivity contribution in [1.82, 2.24) is 0 Å². The van der Waals surface area contributed by atoms with Crippen molar-refractivity contribution in [3.63, 3.8) is 0 Å². The average Bonchev–Trinajstić information content (AvgIpc) is 2.42. The Morgan fingerprint density at radius 3 is 1.89 bits per heavy atom. The first kappa shape index (κ1) is 18.7. The molecule has 0 saturated carbocycles. The van der Waals surface area contributed by atoms with Crippen molar-refractivity contribution >= 4 is 0 Å². The van der Waals surface area contributed by atoms with E-state index in [1.807, 2.05) is 0 Å². The molecule has 0 aliphatic heterocycles. The molecule has 0 aromatic rings. The van der Waals surface area contributed by atoms with Crippen molar-refractivity contribution in [2.75, 3.05) is 0 Å². The fraction of sp³-hybridized carbons (Fsp3) is 0.895. The molecule has 114 valence electrons. The Bertz CT molecular complexity index is 180. The van der Waals surface area contributed by atoms with E-state index in [-0.39, 0.29) is 0 Å². The fourth-order valence-electron chi connectivity index (χ4n) is 2.63. The van der Waals surface area contributed by atoms with Crippen molar-refractivity contribution in [1.29, 1.82) is 0 Å². The van der Waals surface area contributed by atoms with Gasteiger partial charge in [-0.15, -0.1) is 0 Å². The van der Waals surface area contributed by atoms with Crippen LogP contribution in [0.4, 0.5) is 0 Å². The Morgan fingerprint density at radius 2 is 1.26 bits per heavy atom. The summed E-state index contributed by atoms with van der Waals surface area (Å²) in [6.45, 7) is 6.95. The first-order valence-electron chi connectivity index (χ1n) is 8.96. The smallest absolute Gasteiger partial charge is 0.0351 e. The van der Waals surface area contributed by atoms with Gasteiger partial charge in [0.15, 0.2) is 0 Å². The van der Waals surface area contributed by atoms with E-state index in [0.29, 0.717) is 0 Å². The minimum atomic E-state index is 0.962. The number of hydrogen-bond donors (Lipinski definition) is 0. The van der Waals surface area contributed by atoms with Gasteiger partial charge in [-0.05, 0) is 25.2 Å². The minimum absolute atomic E-state index is 0.962. The van der Waals surface area contributed by atoms with E-state index < -0.39 is 0 Å². The van der Waals surface area contributed by atoms with Crippen molar-refractivity contribution in [3.05, 3.63) is 12.2 Å². The van der Waals surface area contributed by atoms with Gasteiger partial charge in [-0.25, -0.2) is 0 Å². The maximum absolute atomic E-state index is 2.45. The lowest BCUT2D eigenvalue weighted by molar-refractivity contribution is 0.434. The Balaban J connectivity index is 3.14. The van der Waals surface area contributed by atoms with E-state index >= 15 is 0 Å². The highest BCUT2D eigenvalue weighted by atomic mass is 14.1. The third-order valence-corrected chi connectivity index (χ3v) is 4.02. The van der Waals surface area contributed by atoms with Crippen LogP contribution in [0.15, 0.2) is 12.2 Å². The molecule has 19 heavy (non-hydrogen) atoms. The standard InChI is InChI=1S/C19H38/c1-4-6-8-10-11-12-13-14-16-18-19(3)17-15-9-7-5-2/h6,8,19H,4-5,7,9-18H2,1-3H3/b8-6+. The van der Waals surface area contributed by atoms with E-state index in [1.165, 1.54) is 83.5 Å². The zero-order valence-electron chi connectivity index (χ0n) is 13.9. The van der Waals surface area contributed by atoms with Gasteiger partial charge in [-0.2, -0.15) is 0 Å². The second-order valence-electron chi connectivity index (χ2n) is 6.18. The summed E-state index contributed by atoms with van der Waals surface area (Å²) in [5, 5.41) is 0. The summed E-state index contributed by atoms with van der Waals surface area (Å²) >= 11 is 0. The van der Waals surface area contributed by atoms with Crippen molar-refractivity contribution in [3.8, 4) is 0 Å². The molecule has 0 heterocycles. The van der Waals surface area contributed by atoms with E-state index in [9.17, 15) is 0 Å². The molecule has 0 heteroatoms. The van der Waals surface area contributed by atoms with Crippen molar-refractivity contribution < 1.29 is 0 Å². The quantitative estimate of drug-likeness (QED) is 0.229. The molecular formula is C19H38. The molecule has 1 unspecified atom stereocenters. The molecule has 0 amide bonds. The van der Waals surface area contributed by atoms with E-state index in [4.69, 9.17) is 0 Å². The molecule has 0 spiro atoms. The maximum atomic E-state index is 2.45. The van der Waals surface area contributed by atoms with Gasteiger partial charge in [0.25, 0.3) is 0 Å². The van der Waals surface area contributed by atoms with Crippen LogP contribution in [0.5, 0.6) is 0 Å². The summed E-state index contributed by atoms with van der Waals surface area (Å²) in [6.07, 6.45) is 22.9. The molecule has 0 fully saturated rings. The maximum Gasteiger partial charge on any atom is -0.0351 e. The molecule has 0 aliphatic rings. The molecule has 0 aromatic carbocycles. The predicted octanol–water partition coefficient (Wildman–Crippen LogP) is 7.29. The lowest BCUT2D eigenvalue weighted by Crippen LogP contribution is -1.95. The van der Waals surface area contributed by atoms with Gasteiger partial charge in [0.05, 0.1) is 0 Å². The van der Waals surface area contributed by atoms with Crippen LogP contribution in [0.2, 0.25) is 0 Å². The zero-order chi connectivity index (χ0) is 14.2. The molecule has 0 radical (unpaired) electrons. The Morgan fingerprint density at radius 1 is 0.684 bits per heavy atom. The summed E-state index contributed by atoms with van der Waals surface area (Å²) in [6, 6.07) is 0. The highest BCUT2D eigenvalue weighted by Gasteiger charge is 2.01. The summed E-state index contributed by atoms with van der Waals surface area (Å²) in [5.74, 6) is 0.962. The summed E-state index contributed by atoms with van der Waals surface area (Å²) in [7, 11) is 0. The van der Waals surface area contributed by atoms with Gasteiger partial charge in [0.1, 0.15) is 0 Å².